The number of alkyl halides is 5. The zero-order chi connectivity index (χ0) is 42.9. The van der Waals surface area contributed by atoms with E-state index in [1.807, 2.05) is 0 Å². The van der Waals surface area contributed by atoms with Crippen LogP contribution in [0.1, 0.15) is 36.8 Å². The number of benzene rings is 2. The third kappa shape index (κ3) is 8.54. The molecular weight excluding hydrogens is 819 g/mol. The fourth-order valence-corrected chi connectivity index (χ4v) is 7.67. The minimum absolute atomic E-state index is 0.0116. The number of carbonyl (C=O) groups excluding carboxylic acids is 1. The summed E-state index contributed by atoms with van der Waals surface area (Å²) >= 11 is 6.55. The summed E-state index contributed by atoms with van der Waals surface area (Å²) in [6.07, 6.45) is -4.78. The number of aliphatic hydroxyl groups is 1. The molecule has 11 nitrogen and oxygen atoms in total. The summed E-state index contributed by atoms with van der Waals surface area (Å²) in [6.45, 7) is 5.19. The van der Waals surface area contributed by atoms with Crippen LogP contribution in [-0.4, -0.2) is 70.4 Å². The Hall–Kier alpha value is -5.45. The van der Waals surface area contributed by atoms with Crippen molar-refractivity contribution in [1.29, 1.82) is 5.41 Å². The smallest absolute Gasteiger partial charge is 0.378 e. The lowest BCUT2D eigenvalue weighted by atomic mass is 9.93. The van der Waals surface area contributed by atoms with E-state index >= 15 is 8.78 Å². The first kappa shape index (κ1) is 42.2. The van der Waals surface area contributed by atoms with E-state index in [2.05, 4.69) is 43.9 Å². The van der Waals surface area contributed by atoms with Crippen LogP contribution in [0.2, 0.25) is 5.02 Å². The summed E-state index contributed by atoms with van der Waals surface area (Å²) < 4.78 is 129. The summed E-state index contributed by atoms with van der Waals surface area (Å²) in [4.78, 5) is 18.4. The molecule has 1 fully saturated rings. The van der Waals surface area contributed by atoms with Gasteiger partial charge in [-0.05, 0) is 62.1 Å². The van der Waals surface area contributed by atoms with Gasteiger partial charge in [-0.1, -0.05) is 35.7 Å². The van der Waals surface area contributed by atoms with Crippen molar-refractivity contribution in [3.05, 3.63) is 99.5 Å². The zero-order valence-corrected chi connectivity index (χ0v) is 32.4. The molecule has 0 bridgehead atoms. The number of aromatic nitrogens is 3. The molecule has 2 aliphatic carbocycles. The van der Waals surface area contributed by atoms with Crippen LogP contribution >= 0.6 is 11.6 Å². The number of hydrogen-bond acceptors (Lipinski definition) is 8. The van der Waals surface area contributed by atoms with Crippen molar-refractivity contribution in [2.75, 3.05) is 17.5 Å². The largest absolute Gasteiger partial charge is 0.433 e. The summed E-state index contributed by atoms with van der Waals surface area (Å²) in [5.74, 6) is -4.89. The molecule has 20 heteroatoms. The van der Waals surface area contributed by atoms with Crippen molar-refractivity contribution in [2.24, 2.45) is 18.9 Å². The highest BCUT2D eigenvalue weighted by atomic mass is 35.5. The molecule has 2 aromatic carbocycles. The van der Waals surface area contributed by atoms with Gasteiger partial charge in [-0.15, -0.1) is 0 Å². The van der Waals surface area contributed by atoms with E-state index in [1.54, 1.807) is 0 Å². The Morgan fingerprint density at radius 2 is 1.76 bits per heavy atom. The average Bonchev–Trinajstić information content (AvgIpc) is 3.55. The number of halogens is 8. The molecule has 3 atom stereocenters. The van der Waals surface area contributed by atoms with Gasteiger partial charge in [-0.25, -0.2) is 22.2 Å². The van der Waals surface area contributed by atoms with Gasteiger partial charge in [0.2, 0.25) is 15.9 Å². The van der Waals surface area contributed by atoms with E-state index in [4.69, 9.17) is 17.0 Å². The number of nitrogens with one attached hydrogen (secondary N) is 4. The average molecular weight is 852 g/mol. The molecule has 58 heavy (non-hydrogen) atoms. The molecule has 1 saturated carbocycles. The second-order valence-corrected chi connectivity index (χ2v) is 16.5. The Morgan fingerprint density at radius 1 is 1.12 bits per heavy atom. The number of hydrogen-bond donors (Lipinski definition) is 5. The Kier molecular flexibility index (Phi) is 10.7. The number of carbonyl (C=O) groups is 1. The van der Waals surface area contributed by atoms with E-state index in [1.165, 1.54) is 49.8 Å². The van der Waals surface area contributed by atoms with Crippen LogP contribution in [0.3, 0.4) is 0 Å². The lowest BCUT2D eigenvalue weighted by Gasteiger charge is -2.24. The number of sulfonamides is 1. The predicted octanol–water partition coefficient (Wildman–Crippen LogP) is 6.34. The highest BCUT2D eigenvalue weighted by molar-refractivity contribution is 7.92. The molecule has 0 spiro atoms. The second kappa shape index (κ2) is 14.7. The first-order valence-electron chi connectivity index (χ1n) is 17.1. The molecule has 306 valence electrons. The van der Waals surface area contributed by atoms with Crippen LogP contribution in [0.4, 0.5) is 36.6 Å². The van der Waals surface area contributed by atoms with Crippen molar-refractivity contribution in [3.63, 3.8) is 0 Å². The van der Waals surface area contributed by atoms with Crippen molar-refractivity contribution in [2.45, 2.75) is 44.0 Å². The van der Waals surface area contributed by atoms with E-state index in [0.717, 1.165) is 18.4 Å². The molecule has 5 N–H and O–H groups in total. The third-order valence-corrected chi connectivity index (χ3v) is 10.1. The molecule has 1 amide bonds. The SMILES string of the molecule is C=C1[C@@H]2C(C(=N)C(F)(F)F)=C(NCC(=O)NC(Cc3cc(F)cc(F)c3)c3nc(C#CC(C)(C)O)ccc3-c3ccc(Cl)c4c(NS(C)(=O)=O)nn(C)c34)C(F)(F)[C@H]12. The maximum absolute atomic E-state index is 15.4. The standard InChI is InChI=1S/C38H33ClF7N7O4S/c1-17-27-29(33(47)38(44,45)46)34(37(42,43)30(17)27)48-16-26(54)50-25(14-18-12-19(40)15-20(41)13-18)31-22(7-6-21(49-31)10-11-36(2,3)55)23-8-9-24(39)28-32(23)53(4)51-35(28)52-58(5,56)57/h6-9,12-13,15,25,27,30,47-48,55H,1,14,16H2,2-5H3,(H,50,54)(H,51,52)/t25?,27-,30-/m1/s1. The van der Waals surface area contributed by atoms with E-state index in [-0.39, 0.29) is 49.8 Å². The number of rotatable bonds is 11. The third-order valence-electron chi connectivity index (χ3n) is 9.26. The topological polar surface area (TPSA) is 162 Å². The normalized spacial score (nSPS) is 18.1. The zero-order valence-electron chi connectivity index (χ0n) is 30.8. The fourth-order valence-electron chi connectivity index (χ4n) is 6.94. The molecule has 0 saturated heterocycles. The maximum Gasteiger partial charge on any atom is 0.433 e. The summed E-state index contributed by atoms with van der Waals surface area (Å²) in [6, 6.07) is 7.10. The van der Waals surface area contributed by atoms with Gasteiger partial charge in [0.25, 0.3) is 5.92 Å². The van der Waals surface area contributed by atoms with Crippen LogP contribution in [0.5, 0.6) is 0 Å². The van der Waals surface area contributed by atoms with Crippen molar-refractivity contribution >= 4 is 50.0 Å². The summed E-state index contributed by atoms with van der Waals surface area (Å²) in [7, 11) is -2.37. The molecule has 0 aliphatic heterocycles. The van der Waals surface area contributed by atoms with Crippen LogP contribution < -0.4 is 15.4 Å². The van der Waals surface area contributed by atoms with Crippen molar-refractivity contribution in [1.82, 2.24) is 25.4 Å². The van der Waals surface area contributed by atoms with Gasteiger partial charge in [0.1, 0.15) is 28.6 Å². The maximum atomic E-state index is 15.4. The summed E-state index contributed by atoms with van der Waals surface area (Å²) in [5, 5.41) is 27.2. The number of pyridine rings is 1. The van der Waals surface area contributed by atoms with E-state index in [0.29, 0.717) is 11.6 Å². The molecule has 1 unspecified atom stereocenters. The van der Waals surface area contributed by atoms with Crippen LogP contribution in [0.25, 0.3) is 22.0 Å². The second-order valence-electron chi connectivity index (χ2n) is 14.4. The summed E-state index contributed by atoms with van der Waals surface area (Å²) in [5.41, 5.74) is -5.21. The van der Waals surface area contributed by atoms with Crippen LogP contribution in [0.15, 0.2) is 65.9 Å². The van der Waals surface area contributed by atoms with Crippen molar-refractivity contribution in [3.8, 4) is 23.0 Å². The number of amides is 1. The van der Waals surface area contributed by atoms with Crippen LogP contribution in [-0.2, 0) is 28.3 Å². The minimum Gasteiger partial charge on any atom is -0.378 e. The van der Waals surface area contributed by atoms with E-state index in [9.17, 15) is 40.3 Å². The molecule has 0 radical (unpaired) electrons. The molecule has 4 aromatic rings. The molecule has 2 aromatic heterocycles. The lowest BCUT2D eigenvalue weighted by Crippen LogP contribution is -2.41. The van der Waals surface area contributed by atoms with Gasteiger partial charge in [-0.3, -0.25) is 19.6 Å². The number of anilines is 1. The van der Waals surface area contributed by atoms with Crippen molar-refractivity contribution < 1.29 is 49.1 Å². The monoisotopic (exact) mass is 851 g/mol. The molecule has 2 heterocycles. The highest BCUT2D eigenvalue weighted by Gasteiger charge is 2.70. The Labute approximate surface area is 331 Å². The fraction of sp³-hybridized carbons (Fsp3) is 0.316. The van der Waals surface area contributed by atoms with Gasteiger partial charge in [0.05, 0.1) is 52.1 Å². The number of allylic oxidation sites excluding steroid dienone is 3. The minimum atomic E-state index is -5.28. The quantitative estimate of drug-likeness (QED) is 0.0510. The van der Waals surface area contributed by atoms with Gasteiger partial charge >= 0.3 is 6.18 Å². The molecular formula is C38H33ClF7N7O4S. The number of nitrogens with zero attached hydrogens (tertiary/aromatic N) is 3. The highest BCUT2D eigenvalue weighted by Crippen LogP contribution is 2.66. The molecule has 2 aliphatic rings. The Balaban J connectivity index is 1.49. The number of aryl methyl sites for hydroxylation is 1. The van der Waals surface area contributed by atoms with E-state index < -0.39 is 93.1 Å². The number of fused-ring (bicyclic) bond motifs is 2. The first-order valence-corrected chi connectivity index (χ1v) is 19.4. The first-order chi connectivity index (χ1) is 26.8. The Morgan fingerprint density at radius 3 is 2.36 bits per heavy atom. The Bertz CT molecular complexity index is 2610. The predicted molar refractivity (Wildman–Crippen MR) is 201 cm³/mol. The van der Waals surface area contributed by atoms with Crippen LogP contribution in [0, 0.1) is 40.7 Å². The molecule has 6 rings (SSSR count). The lowest BCUT2D eigenvalue weighted by molar-refractivity contribution is -0.121. The van der Waals surface area contributed by atoms with Gasteiger partial charge < -0.3 is 15.7 Å². The van der Waals surface area contributed by atoms with Gasteiger partial charge in [0, 0.05) is 35.7 Å². The van der Waals surface area contributed by atoms with Gasteiger partial charge in [-0.2, -0.15) is 27.1 Å². The van der Waals surface area contributed by atoms with Gasteiger partial charge in [0.15, 0.2) is 5.82 Å².